The van der Waals surface area contributed by atoms with Crippen molar-refractivity contribution in [3.63, 3.8) is 0 Å². The van der Waals surface area contributed by atoms with Crippen LogP contribution in [0.5, 0.6) is 0 Å². The van der Waals surface area contributed by atoms with Crippen LogP contribution in [0.25, 0.3) is 31.8 Å². The largest absolute Gasteiger partial charge is 0.323 e. The molecular formula is C22H16N4OS2. The summed E-state index contributed by atoms with van der Waals surface area (Å²) in [6.45, 7) is 2.08. The Hall–Kier alpha value is -3.29. The lowest BCUT2D eigenvalue weighted by Crippen LogP contribution is -2.07. The Morgan fingerprint density at radius 3 is 2.90 bits per heavy atom. The number of nitrogens with one attached hydrogen (secondary N) is 1. The number of anilines is 1. The highest BCUT2D eigenvalue weighted by Gasteiger charge is 2.07. The number of nitrogens with zero attached hydrogens (tertiary/aromatic N) is 3. The zero-order valence-electron chi connectivity index (χ0n) is 15.5. The van der Waals surface area contributed by atoms with Crippen LogP contribution in [0.3, 0.4) is 0 Å². The maximum atomic E-state index is 12.3. The van der Waals surface area contributed by atoms with Gasteiger partial charge in [-0.25, -0.2) is 9.97 Å². The molecule has 3 aromatic heterocycles. The van der Waals surface area contributed by atoms with Gasteiger partial charge in [-0.15, -0.1) is 22.7 Å². The Morgan fingerprint density at radius 2 is 2.03 bits per heavy atom. The van der Waals surface area contributed by atoms with E-state index < -0.39 is 0 Å². The highest BCUT2D eigenvalue weighted by molar-refractivity contribution is 7.21. The van der Waals surface area contributed by atoms with Crippen molar-refractivity contribution in [2.75, 3.05) is 5.32 Å². The van der Waals surface area contributed by atoms with Gasteiger partial charge in [-0.2, -0.15) is 0 Å². The molecule has 1 amide bonds. The predicted molar refractivity (Wildman–Crippen MR) is 121 cm³/mol. The van der Waals surface area contributed by atoms with Gasteiger partial charge in [-0.1, -0.05) is 6.07 Å². The van der Waals surface area contributed by atoms with Crippen LogP contribution in [0.2, 0.25) is 0 Å². The molecule has 142 valence electrons. The van der Waals surface area contributed by atoms with Crippen molar-refractivity contribution in [2.24, 2.45) is 0 Å². The van der Waals surface area contributed by atoms with Gasteiger partial charge in [0, 0.05) is 28.9 Å². The normalized spacial score (nSPS) is 11.6. The fourth-order valence-corrected chi connectivity index (χ4v) is 4.83. The molecule has 0 spiro atoms. The average Bonchev–Trinajstić information content (AvgIpc) is 3.42. The minimum absolute atomic E-state index is 0.182. The molecule has 5 rings (SSSR count). The topological polar surface area (TPSA) is 59.3 Å². The van der Waals surface area contributed by atoms with E-state index in [1.54, 1.807) is 34.9 Å². The van der Waals surface area contributed by atoms with E-state index >= 15 is 0 Å². The molecule has 0 aliphatic rings. The number of benzene rings is 2. The summed E-state index contributed by atoms with van der Waals surface area (Å²) >= 11 is 3.23. The zero-order valence-corrected chi connectivity index (χ0v) is 17.1. The summed E-state index contributed by atoms with van der Waals surface area (Å²) < 4.78 is 3.13. The number of fused-ring (bicyclic) bond motifs is 2. The summed E-state index contributed by atoms with van der Waals surface area (Å²) in [6, 6.07) is 14.0. The number of aromatic nitrogens is 3. The molecule has 2 aromatic carbocycles. The first kappa shape index (κ1) is 17.8. The molecule has 29 heavy (non-hydrogen) atoms. The van der Waals surface area contributed by atoms with Gasteiger partial charge >= 0.3 is 0 Å². The quantitative estimate of drug-likeness (QED) is 0.386. The maximum Gasteiger partial charge on any atom is 0.248 e. The molecular weight excluding hydrogens is 400 g/mol. The molecule has 5 aromatic rings. The number of hydrogen-bond donors (Lipinski definition) is 1. The summed E-state index contributed by atoms with van der Waals surface area (Å²) in [5, 5.41) is 5.83. The Labute approximate surface area is 175 Å². The average molecular weight is 417 g/mol. The fourth-order valence-electron chi connectivity index (χ4n) is 3.07. The molecule has 0 radical (unpaired) electrons. The monoisotopic (exact) mass is 416 g/mol. The van der Waals surface area contributed by atoms with Crippen molar-refractivity contribution >= 4 is 55.5 Å². The second-order valence-electron chi connectivity index (χ2n) is 6.63. The van der Waals surface area contributed by atoms with Gasteiger partial charge in [0.25, 0.3) is 0 Å². The van der Waals surface area contributed by atoms with E-state index in [0.29, 0.717) is 0 Å². The molecule has 0 saturated heterocycles. The number of aryl methyl sites for hydroxylation is 1. The summed E-state index contributed by atoms with van der Waals surface area (Å²) in [5.41, 5.74) is 4.90. The third-order valence-corrected chi connectivity index (χ3v) is 6.36. The number of rotatable bonds is 4. The van der Waals surface area contributed by atoms with Crippen LogP contribution in [0.4, 0.5) is 5.69 Å². The molecule has 0 bridgehead atoms. The van der Waals surface area contributed by atoms with Crippen LogP contribution in [-0.2, 0) is 4.79 Å². The van der Waals surface area contributed by atoms with E-state index in [1.807, 2.05) is 40.2 Å². The highest BCUT2D eigenvalue weighted by Crippen LogP contribution is 2.31. The lowest BCUT2D eigenvalue weighted by atomic mass is 10.2. The number of hydrogen-bond acceptors (Lipinski definition) is 5. The van der Waals surface area contributed by atoms with E-state index in [1.165, 1.54) is 16.3 Å². The van der Waals surface area contributed by atoms with Crippen LogP contribution in [0, 0.1) is 6.92 Å². The van der Waals surface area contributed by atoms with Gasteiger partial charge < -0.3 is 5.32 Å². The zero-order chi connectivity index (χ0) is 19.8. The second-order valence-corrected chi connectivity index (χ2v) is 8.53. The minimum Gasteiger partial charge on any atom is -0.323 e. The molecule has 0 atom stereocenters. The number of thiazole rings is 2. The SMILES string of the molecule is Cc1ccc2nc(-c3ccc(NC(=O)/C=C/c4cnc5sccn45)cc3)sc2c1. The third-order valence-electron chi connectivity index (χ3n) is 4.52. The van der Waals surface area contributed by atoms with Crippen LogP contribution in [0.1, 0.15) is 11.3 Å². The van der Waals surface area contributed by atoms with E-state index in [2.05, 4.69) is 35.4 Å². The van der Waals surface area contributed by atoms with Gasteiger partial charge in [0.2, 0.25) is 5.91 Å². The minimum atomic E-state index is -0.182. The molecule has 0 saturated carbocycles. The molecule has 7 heteroatoms. The fraction of sp³-hybridized carbons (Fsp3) is 0.0455. The molecule has 5 nitrogen and oxygen atoms in total. The van der Waals surface area contributed by atoms with Gasteiger partial charge in [0.15, 0.2) is 4.96 Å². The molecule has 0 fully saturated rings. The first-order chi connectivity index (χ1) is 14.2. The standard InChI is InChI=1S/C22H16N4OS2/c1-14-2-8-18-19(12-14)29-21(25-18)15-3-5-16(6-4-15)24-20(27)9-7-17-13-23-22-26(17)10-11-28-22/h2-13H,1H3,(H,24,27)/b9-7+. The number of imidazole rings is 1. The van der Waals surface area contributed by atoms with E-state index in [-0.39, 0.29) is 5.91 Å². The summed E-state index contributed by atoms with van der Waals surface area (Å²) in [7, 11) is 0. The molecule has 0 aliphatic heterocycles. The van der Waals surface area contributed by atoms with Crippen molar-refractivity contribution in [2.45, 2.75) is 6.92 Å². The second kappa shape index (κ2) is 7.27. The number of amides is 1. The first-order valence-corrected chi connectivity index (χ1v) is 10.7. The van der Waals surface area contributed by atoms with Crippen LogP contribution >= 0.6 is 22.7 Å². The molecule has 3 heterocycles. The van der Waals surface area contributed by atoms with Crippen LogP contribution in [0.15, 0.2) is 66.3 Å². The van der Waals surface area contributed by atoms with Crippen LogP contribution in [-0.4, -0.2) is 20.3 Å². The molecule has 0 unspecified atom stereocenters. The van der Waals surface area contributed by atoms with Gasteiger partial charge in [-0.3, -0.25) is 9.20 Å². The van der Waals surface area contributed by atoms with Gasteiger partial charge in [-0.05, 0) is 55.0 Å². The summed E-state index contributed by atoms with van der Waals surface area (Å²) in [6.07, 6.45) is 6.97. The van der Waals surface area contributed by atoms with E-state index in [0.717, 1.165) is 32.4 Å². The Balaban J connectivity index is 1.30. The van der Waals surface area contributed by atoms with Crippen molar-refractivity contribution in [1.82, 2.24) is 14.4 Å². The Morgan fingerprint density at radius 1 is 1.17 bits per heavy atom. The molecule has 1 N–H and O–H groups in total. The lowest BCUT2D eigenvalue weighted by Gasteiger charge is -2.03. The van der Waals surface area contributed by atoms with Crippen LogP contribution < -0.4 is 5.32 Å². The van der Waals surface area contributed by atoms with Crippen molar-refractivity contribution in [3.05, 3.63) is 77.6 Å². The predicted octanol–water partition coefficient (Wildman–Crippen LogP) is 5.63. The maximum absolute atomic E-state index is 12.3. The summed E-state index contributed by atoms with van der Waals surface area (Å²) in [4.78, 5) is 22.2. The van der Waals surface area contributed by atoms with Crippen molar-refractivity contribution in [1.29, 1.82) is 0 Å². The van der Waals surface area contributed by atoms with Gasteiger partial charge in [0.05, 0.1) is 22.1 Å². The molecule has 0 aliphatic carbocycles. The lowest BCUT2D eigenvalue weighted by molar-refractivity contribution is -0.111. The third kappa shape index (κ3) is 3.57. The highest BCUT2D eigenvalue weighted by atomic mass is 32.1. The van der Waals surface area contributed by atoms with Crippen molar-refractivity contribution in [3.8, 4) is 10.6 Å². The Kier molecular flexibility index (Phi) is 4.46. The van der Waals surface area contributed by atoms with E-state index in [9.17, 15) is 4.79 Å². The van der Waals surface area contributed by atoms with Gasteiger partial charge in [0.1, 0.15) is 5.01 Å². The summed E-state index contributed by atoms with van der Waals surface area (Å²) in [5.74, 6) is -0.182. The number of carbonyl (C=O) groups is 1. The van der Waals surface area contributed by atoms with E-state index in [4.69, 9.17) is 4.98 Å². The first-order valence-electron chi connectivity index (χ1n) is 9.03. The smallest absolute Gasteiger partial charge is 0.248 e. The van der Waals surface area contributed by atoms with Crippen molar-refractivity contribution < 1.29 is 4.79 Å². The Bertz CT molecular complexity index is 1360. The number of carbonyl (C=O) groups excluding carboxylic acids is 1.